The smallest absolute Gasteiger partial charge is 0.282 e. The highest BCUT2D eigenvalue weighted by molar-refractivity contribution is 9.10. The molecule has 8 nitrogen and oxygen atoms in total. The second-order valence-corrected chi connectivity index (χ2v) is 11.4. The first-order valence-corrected chi connectivity index (χ1v) is 13.4. The van der Waals surface area contributed by atoms with Gasteiger partial charge in [-0.2, -0.15) is 9.78 Å². The van der Waals surface area contributed by atoms with E-state index in [-0.39, 0.29) is 17.9 Å². The van der Waals surface area contributed by atoms with Crippen LogP contribution in [0.1, 0.15) is 32.2 Å². The highest BCUT2D eigenvalue weighted by Gasteiger charge is 2.23. The molecule has 0 aliphatic heterocycles. The number of ether oxygens (including phenoxy) is 2. The Balaban J connectivity index is 1.71. The molecule has 202 valence electrons. The number of rotatable bonds is 7. The number of carbonyl (C=O) groups is 1. The highest BCUT2D eigenvalue weighted by Crippen LogP contribution is 2.34. The quantitative estimate of drug-likeness (QED) is 0.236. The van der Waals surface area contributed by atoms with Gasteiger partial charge < -0.3 is 14.8 Å². The van der Waals surface area contributed by atoms with E-state index in [1.54, 1.807) is 24.3 Å². The summed E-state index contributed by atoms with van der Waals surface area (Å²) < 4.78 is 27.2. The number of halogens is 3. The summed E-state index contributed by atoms with van der Waals surface area (Å²) >= 11 is 6.86. The summed E-state index contributed by atoms with van der Waals surface area (Å²) in [6.45, 7) is 5.49. The van der Waals surface area contributed by atoms with Gasteiger partial charge in [-0.15, -0.1) is 0 Å². The fourth-order valence-corrected chi connectivity index (χ4v) is 4.54. The SMILES string of the molecule is COc1cc(Br)cc(C=Nn2c(C(C)(C)C)nc3ccc(Br)cc3c2=O)c1OCC(=O)Nc1ccc(F)cc1. The number of benzene rings is 3. The Bertz CT molecular complexity index is 1630. The van der Waals surface area contributed by atoms with Crippen LogP contribution in [0.2, 0.25) is 0 Å². The van der Waals surface area contributed by atoms with Crippen LogP contribution in [-0.4, -0.2) is 35.5 Å². The van der Waals surface area contributed by atoms with Crippen LogP contribution in [-0.2, 0) is 10.2 Å². The normalized spacial score (nSPS) is 11.7. The first-order chi connectivity index (χ1) is 18.5. The second-order valence-electron chi connectivity index (χ2n) is 9.58. The molecular formula is C28H25Br2FN4O4. The predicted molar refractivity (Wildman–Crippen MR) is 157 cm³/mol. The molecule has 4 rings (SSSR count). The Morgan fingerprint density at radius 1 is 1.10 bits per heavy atom. The minimum absolute atomic E-state index is 0.251. The van der Waals surface area contributed by atoms with E-state index in [1.807, 2.05) is 26.8 Å². The van der Waals surface area contributed by atoms with Gasteiger partial charge >= 0.3 is 0 Å². The summed E-state index contributed by atoms with van der Waals surface area (Å²) in [5, 5.41) is 7.57. The van der Waals surface area contributed by atoms with Gasteiger partial charge in [0.1, 0.15) is 11.6 Å². The number of methoxy groups -OCH3 is 1. The number of hydrogen-bond acceptors (Lipinski definition) is 6. The number of hydrogen-bond donors (Lipinski definition) is 1. The summed E-state index contributed by atoms with van der Waals surface area (Å²) in [6, 6.07) is 14.1. The predicted octanol–water partition coefficient (Wildman–Crippen LogP) is 6.27. The molecule has 0 aliphatic rings. The lowest BCUT2D eigenvalue weighted by molar-refractivity contribution is -0.118. The molecule has 1 amide bonds. The van der Waals surface area contributed by atoms with Crippen molar-refractivity contribution in [2.24, 2.45) is 5.10 Å². The minimum Gasteiger partial charge on any atom is -0.493 e. The van der Waals surface area contributed by atoms with E-state index >= 15 is 0 Å². The largest absolute Gasteiger partial charge is 0.493 e. The molecule has 1 aromatic heterocycles. The van der Waals surface area contributed by atoms with Crippen molar-refractivity contribution in [2.75, 3.05) is 19.0 Å². The maximum Gasteiger partial charge on any atom is 0.282 e. The van der Waals surface area contributed by atoms with E-state index in [0.29, 0.717) is 38.2 Å². The van der Waals surface area contributed by atoms with Crippen LogP contribution in [0.3, 0.4) is 0 Å². The van der Waals surface area contributed by atoms with Crippen molar-refractivity contribution in [3.63, 3.8) is 0 Å². The van der Waals surface area contributed by atoms with Crippen molar-refractivity contribution < 1.29 is 18.7 Å². The van der Waals surface area contributed by atoms with E-state index in [9.17, 15) is 14.0 Å². The van der Waals surface area contributed by atoms with Gasteiger partial charge in [0.2, 0.25) is 0 Å². The zero-order valence-electron chi connectivity index (χ0n) is 21.6. The Hall–Kier alpha value is -3.57. The first-order valence-electron chi connectivity index (χ1n) is 11.8. The molecule has 0 bridgehead atoms. The van der Waals surface area contributed by atoms with Crippen LogP contribution >= 0.6 is 31.9 Å². The third-order valence-electron chi connectivity index (χ3n) is 5.54. The summed E-state index contributed by atoms with van der Waals surface area (Å²) in [4.78, 5) is 30.7. The molecule has 0 saturated heterocycles. The average molecular weight is 660 g/mol. The van der Waals surface area contributed by atoms with E-state index in [2.05, 4.69) is 42.3 Å². The number of fused-ring (bicyclic) bond motifs is 1. The zero-order valence-corrected chi connectivity index (χ0v) is 24.8. The number of carbonyl (C=O) groups excluding carboxylic acids is 1. The third kappa shape index (κ3) is 6.72. The van der Waals surface area contributed by atoms with Gasteiger partial charge in [-0.1, -0.05) is 52.6 Å². The van der Waals surface area contributed by atoms with Gasteiger partial charge in [-0.05, 0) is 54.6 Å². The maximum absolute atomic E-state index is 13.5. The molecule has 0 saturated carbocycles. The van der Waals surface area contributed by atoms with Crippen LogP contribution in [0.25, 0.3) is 10.9 Å². The topological polar surface area (TPSA) is 94.8 Å². The lowest BCUT2D eigenvalue weighted by atomic mass is 9.95. The van der Waals surface area contributed by atoms with Gasteiger partial charge in [-0.3, -0.25) is 9.59 Å². The zero-order chi connectivity index (χ0) is 28.3. The maximum atomic E-state index is 13.5. The van der Waals surface area contributed by atoms with Crippen LogP contribution in [0.4, 0.5) is 10.1 Å². The summed E-state index contributed by atoms with van der Waals surface area (Å²) in [5.41, 5.74) is 0.631. The van der Waals surface area contributed by atoms with E-state index in [0.717, 1.165) is 4.47 Å². The molecule has 4 aromatic rings. The van der Waals surface area contributed by atoms with Crippen LogP contribution in [0, 0.1) is 5.82 Å². The van der Waals surface area contributed by atoms with Crippen molar-refractivity contribution in [2.45, 2.75) is 26.2 Å². The second kappa shape index (κ2) is 11.7. The van der Waals surface area contributed by atoms with Gasteiger partial charge in [0.15, 0.2) is 18.1 Å². The third-order valence-corrected chi connectivity index (χ3v) is 6.49. The Morgan fingerprint density at radius 3 is 2.49 bits per heavy atom. The standard InChI is InChI=1S/C28H25Br2FN4O4/c1-28(2,3)27-34-22-10-5-17(29)12-21(22)26(37)35(27)32-14-16-11-18(30)13-23(38-4)25(16)39-15-24(36)33-20-8-6-19(31)7-9-20/h5-14H,15H2,1-4H3,(H,33,36). The minimum atomic E-state index is -0.496. The monoisotopic (exact) mass is 658 g/mol. The van der Waals surface area contributed by atoms with Gasteiger partial charge in [0.25, 0.3) is 11.5 Å². The van der Waals surface area contributed by atoms with Crippen molar-refractivity contribution >= 4 is 60.6 Å². The fraction of sp³-hybridized carbons (Fsp3) is 0.214. The van der Waals surface area contributed by atoms with Gasteiger partial charge in [0, 0.05) is 25.6 Å². The van der Waals surface area contributed by atoms with E-state index in [4.69, 9.17) is 14.5 Å². The number of amides is 1. The lowest BCUT2D eigenvalue weighted by Crippen LogP contribution is -2.29. The molecule has 0 unspecified atom stereocenters. The first kappa shape index (κ1) is 28.4. The van der Waals surface area contributed by atoms with Gasteiger partial charge in [-0.25, -0.2) is 9.37 Å². The summed E-state index contributed by atoms with van der Waals surface area (Å²) in [7, 11) is 1.47. The number of aromatic nitrogens is 2. The Morgan fingerprint density at radius 2 is 1.82 bits per heavy atom. The van der Waals surface area contributed by atoms with Crippen LogP contribution in [0.5, 0.6) is 11.5 Å². The molecule has 0 radical (unpaired) electrons. The van der Waals surface area contributed by atoms with Crippen LogP contribution < -0.4 is 20.3 Å². The molecular weight excluding hydrogens is 635 g/mol. The number of nitrogens with zero attached hydrogens (tertiary/aromatic N) is 3. The Kier molecular flexibility index (Phi) is 8.51. The molecule has 1 heterocycles. The Labute approximate surface area is 241 Å². The van der Waals surface area contributed by atoms with Crippen molar-refractivity contribution in [1.29, 1.82) is 0 Å². The molecule has 11 heteroatoms. The summed E-state index contributed by atoms with van der Waals surface area (Å²) in [5.74, 6) is 0.215. The van der Waals surface area contributed by atoms with Crippen molar-refractivity contribution in [1.82, 2.24) is 9.66 Å². The molecule has 1 N–H and O–H groups in total. The molecule has 39 heavy (non-hydrogen) atoms. The number of nitrogens with one attached hydrogen (secondary N) is 1. The molecule has 0 atom stereocenters. The molecule has 3 aromatic carbocycles. The van der Waals surface area contributed by atoms with E-state index in [1.165, 1.54) is 42.3 Å². The highest BCUT2D eigenvalue weighted by atomic mass is 79.9. The van der Waals surface area contributed by atoms with Crippen molar-refractivity contribution in [3.05, 3.63) is 91.1 Å². The fourth-order valence-electron chi connectivity index (χ4n) is 3.72. The van der Waals surface area contributed by atoms with Gasteiger partial charge in [0.05, 0.1) is 24.2 Å². The number of anilines is 1. The summed E-state index contributed by atoms with van der Waals surface area (Å²) in [6.07, 6.45) is 1.46. The molecule has 0 spiro atoms. The average Bonchev–Trinajstić information content (AvgIpc) is 2.88. The van der Waals surface area contributed by atoms with Crippen LogP contribution in [0.15, 0.2) is 73.4 Å². The molecule has 0 aliphatic carbocycles. The lowest BCUT2D eigenvalue weighted by Gasteiger charge is -2.21. The molecule has 0 fully saturated rings. The van der Waals surface area contributed by atoms with Crippen molar-refractivity contribution in [3.8, 4) is 11.5 Å². The van der Waals surface area contributed by atoms with E-state index < -0.39 is 17.1 Å².